The molecule has 0 spiro atoms. The van der Waals surface area contributed by atoms with Crippen molar-refractivity contribution in [2.24, 2.45) is 5.73 Å². The number of primary amides is 1. The topological polar surface area (TPSA) is 68.9 Å². The third-order valence-electron chi connectivity index (χ3n) is 2.71. The van der Waals surface area contributed by atoms with Crippen LogP contribution in [0.1, 0.15) is 10.4 Å². The highest BCUT2D eigenvalue weighted by Gasteiger charge is 2.06. The zero-order valence-electron chi connectivity index (χ0n) is 8.92. The SMILES string of the molecule is NC(=O)c1cnc2c(ccc3cccnc32)c1. The van der Waals surface area contributed by atoms with Crippen molar-refractivity contribution in [2.75, 3.05) is 0 Å². The Morgan fingerprint density at radius 1 is 1.06 bits per heavy atom. The Kier molecular flexibility index (Phi) is 2.01. The number of carbonyl (C=O) groups excluding carboxylic acids is 1. The molecule has 0 bridgehead atoms. The first-order valence-corrected chi connectivity index (χ1v) is 5.19. The average Bonchev–Trinajstić information content (AvgIpc) is 2.38. The molecule has 0 saturated carbocycles. The summed E-state index contributed by atoms with van der Waals surface area (Å²) in [6.07, 6.45) is 3.21. The molecule has 0 atom stereocenters. The molecule has 0 fully saturated rings. The minimum Gasteiger partial charge on any atom is -0.366 e. The highest BCUT2D eigenvalue weighted by Crippen LogP contribution is 2.21. The molecule has 0 aliphatic rings. The molecule has 2 aromatic heterocycles. The minimum atomic E-state index is -0.472. The maximum absolute atomic E-state index is 11.1. The van der Waals surface area contributed by atoms with Gasteiger partial charge in [0, 0.05) is 23.2 Å². The molecule has 0 aliphatic heterocycles. The summed E-state index contributed by atoms with van der Waals surface area (Å²) in [5.41, 5.74) is 7.25. The summed E-state index contributed by atoms with van der Waals surface area (Å²) in [5, 5.41) is 1.90. The number of aromatic nitrogens is 2. The molecular formula is C13H9N3O. The number of nitrogens with zero attached hydrogens (tertiary/aromatic N) is 2. The summed E-state index contributed by atoms with van der Waals surface area (Å²) in [5.74, 6) is -0.472. The van der Waals surface area contributed by atoms with Crippen LogP contribution in [0.3, 0.4) is 0 Å². The van der Waals surface area contributed by atoms with Crippen molar-refractivity contribution in [1.82, 2.24) is 9.97 Å². The van der Waals surface area contributed by atoms with E-state index in [1.165, 1.54) is 6.20 Å². The van der Waals surface area contributed by atoms with E-state index < -0.39 is 5.91 Å². The molecule has 1 amide bonds. The van der Waals surface area contributed by atoms with Crippen LogP contribution in [0.15, 0.2) is 42.7 Å². The van der Waals surface area contributed by atoms with E-state index in [4.69, 9.17) is 5.73 Å². The van der Waals surface area contributed by atoms with Crippen LogP contribution in [0.5, 0.6) is 0 Å². The van der Waals surface area contributed by atoms with Crippen LogP contribution in [0.2, 0.25) is 0 Å². The van der Waals surface area contributed by atoms with E-state index >= 15 is 0 Å². The number of benzene rings is 1. The highest BCUT2D eigenvalue weighted by molar-refractivity contribution is 6.05. The molecule has 82 valence electrons. The van der Waals surface area contributed by atoms with Gasteiger partial charge in [0.15, 0.2) is 0 Å². The highest BCUT2D eigenvalue weighted by atomic mass is 16.1. The van der Waals surface area contributed by atoms with E-state index in [0.29, 0.717) is 5.56 Å². The Morgan fingerprint density at radius 3 is 2.65 bits per heavy atom. The van der Waals surface area contributed by atoms with Gasteiger partial charge in [0.2, 0.25) is 5.91 Å². The average molecular weight is 223 g/mol. The van der Waals surface area contributed by atoms with Gasteiger partial charge >= 0.3 is 0 Å². The molecule has 3 rings (SSSR count). The minimum absolute atomic E-state index is 0.410. The fourth-order valence-electron chi connectivity index (χ4n) is 1.87. The van der Waals surface area contributed by atoms with Gasteiger partial charge < -0.3 is 5.73 Å². The molecule has 0 unspecified atom stereocenters. The summed E-state index contributed by atoms with van der Waals surface area (Å²) in [6, 6.07) is 9.46. The van der Waals surface area contributed by atoms with Crippen molar-refractivity contribution in [1.29, 1.82) is 0 Å². The summed E-state index contributed by atoms with van der Waals surface area (Å²) in [4.78, 5) is 19.6. The predicted octanol–water partition coefficient (Wildman–Crippen LogP) is 1.88. The van der Waals surface area contributed by atoms with Gasteiger partial charge in [-0.15, -0.1) is 0 Å². The molecule has 4 nitrogen and oxygen atoms in total. The molecule has 0 saturated heterocycles. The molecule has 0 radical (unpaired) electrons. The number of hydrogen-bond donors (Lipinski definition) is 1. The molecule has 1 aromatic carbocycles. The first-order chi connectivity index (χ1) is 8.25. The summed E-state index contributed by atoms with van der Waals surface area (Å²) >= 11 is 0. The number of pyridine rings is 2. The van der Waals surface area contributed by atoms with Crippen LogP contribution >= 0.6 is 0 Å². The maximum Gasteiger partial charge on any atom is 0.250 e. The Hall–Kier alpha value is -2.49. The van der Waals surface area contributed by atoms with Crippen molar-refractivity contribution in [2.45, 2.75) is 0 Å². The van der Waals surface area contributed by atoms with E-state index in [1.54, 1.807) is 12.3 Å². The smallest absolute Gasteiger partial charge is 0.250 e. The quantitative estimate of drug-likeness (QED) is 0.640. The van der Waals surface area contributed by atoms with Crippen molar-refractivity contribution < 1.29 is 4.79 Å². The third-order valence-corrected chi connectivity index (χ3v) is 2.71. The van der Waals surface area contributed by atoms with Crippen LogP contribution < -0.4 is 5.73 Å². The zero-order chi connectivity index (χ0) is 11.8. The standard InChI is InChI=1S/C13H9N3O/c14-13(17)10-6-9-4-3-8-2-1-5-15-11(8)12(9)16-7-10/h1-7H,(H2,14,17). The second-order valence-electron chi connectivity index (χ2n) is 3.80. The van der Waals surface area contributed by atoms with Gasteiger partial charge in [0.05, 0.1) is 16.6 Å². The van der Waals surface area contributed by atoms with Gasteiger partial charge in [-0.3, -0.25) is 14.8 Å². The monoisotopic (exact) mass is 223 g/mol. The van der Waals surface area contributed by atoms with E-state index in [1.807, 2.05) is 24.3 Å². The van der Waals surface area contributed by atoms with E-state index in [9.17, 15) is 4.79 Å². The number of carbonyl (C=O) groups is 1. The maximum atomic E-state index is 11.1. The molecule has 17 heavy (non-hydrogen) atoms. The summed E-state index contributed by atoms with van der Waals surface area (Å²) < 4.78 is 0. The zero-order valence-corrected chi connectivity index (χ0v) is 8.92. The second-order valence-corrected chi connectivity index (χ2v) is 3.80. The Labute approximate surface area is 97.1 Å². The second kappa shape index (κ2) is 3.52. The number of fused-ring (bicyclic) bond motifs is 3. The van der Waals surface area contributed by atoms with Crippen LogP contribution in [0, 0.1) is 0 Å². The summed E-state index contributed by atoms with van der Waals surface area (Å²) in [7, 11) is 0. The van der Waals surface area contributed by atoms with Crippen LogP contribution in [-0.4, -0.2) is 15.9 Å². The largest absolute Gasteiger partial charge is 0.366 e. The van der Waals surface area contributed by atoms with Crippen LogP contribution in [0.4, 0.5) is 0 Å². The summed E-state index contributed by atoms with van der Waals surface area (Å²) in [6.45, 7) is 0. The van der Waals surface area contributed by atoms with Crippen molar-refractivity contribution in [3.8, 4) is 0 Å². The lowest BCUT2D eigenvalue weighted by Gasteiger charge is -2.03. The molecule has 0 aliphatic carbocycles. The molecular weight excluding hydrogens is 214 g/mol. The Bertz CT molecular complexity index is 737. The fourth-order valence-corrected chi connectivity index (χ4v) is 1.87. The molecule has 3 aromatic rings. The Morgan fingerprint density at radius 2 is 1.82 bits per heavy atom. The lowest BCUT2D eigenvalue weighted by Crippen LogP contribution is -2.11. The van der Waals surface area contributed by atoms with Crippen molar-refractivity contribution in [3.05, 3.63) is 48.3 Å². The van der Waals surface area contributed by atoms with Gasteiger partial charge in [-0.25, -0.2) is 0 Å². The number of hydrogen-bond acceptors (Lipinski definition) is 3. The fraction of sp³-hybridized carbons (Fsp3) is 0. The van der Waals surface area contributed by atoms with Gasteiger partial charge in [0.25, 0.3) is 0 Å². The van der Waals surface area contributed by atoms with Gasteiger partial charge in [-0.1, -0.05) is 18.2 Å². The number of amides is 1. The van der Waals surface area contributed by atoms with Gasteiger partial charge in [-0.2, -0.15) is 0 Å². The van der Waals surface area contributed by atoms with Gasteiger partial charge in [0.1, 0.15) is 0 Å². The first-order valence-electron chi connectivity index (χ1n) is 5.19. The van der Waals surface area contributed by atoms with E-state index in [-0.39, 0.29) is 0 Å². The van der Waals surface area contributed by atoms with Crippen LogP contribution in [-0.2, 0) is 0 Å². The van der Waals surface area contributed by atoms with Gasteiger partial charge in [-0.05, 0) is 12.1 Å². The normalized spacial score (nSPS) is 10.8. The predicted molar refractivity (Wildman–Crippen MR) is 65.6 cm³/mol. The molecule has 2 heterocycles. The Balaban J connectivity index is 2.41. The lowest BCUT2D eigenvalue weighted by molar-refractivity contribution is 0.1000. The van der Waals surface area contributed by atoms with Crippen molar-refractivity contribution in [3.63, 3.8) is 0 Å². The van der Waals surface area contributed by atoms with Crippen molar-refractivity contribution >= 4 is 27.7 Å². The number of rotatable bonds is 1. The number of nitrogens with two attached hydrogens (primary N) is 1. The molecule has 4 heteroatoms. The molecule has 2 N–H and O–H groups in total. The van der Waals surface area contributed by atoms with E-state index in [0.717, 1.165) is 21.8 Å². The van der Waals surface area contributed by atoms with Crippen LogP contribution in [0.25, 0.3) is 21.8 Å². The lowest BCUT2D eigenvalue weighted by atomic mass is 10.1. The first kappa shape index (κ1) is 9.72. The third kappa shape index (κ3) is 1.50. The van der Waals surface area contributed by atoms with E-state index in [2.05, 4.69) is 9.97 Å².